The summed E-state index contributed by atoms with van der Waals surface area (Å²) in [6, 6.07) is 0. The number of rotatable bonds is 5. The predicted molar refractivity (Wildman–Crippen MR) is 64.4 cm³/mol. The molecule has 0 fully saturated rings. The molecule has 2 N–H and O–H groups in total. The number of guanidine groups is 1. The van der Waals surface area contributed by atoms with E-state index < -0.39 is 0 Å². The normalized spacial score (nSPS) is 11.6. The summed E-state index contributed by atoms with van der Waals surface area (Å²) in [5, 5.41) is 14.3. The molecule has 16 heavy (non-hydrogen) atoms. The minimum Gasteiger partial charge on any atom is -0.357 e. The molecule has 0 saturated heterocycles. The van der Waals surface area contributed by atoms with Gasteiger partial charge in [-0.05, 0) is 6.92 Å². The molecule has 0 aliphatic heterocycles. The number of nitrogens with zero attached hydrogens (tertiary/aromatic N) is 4. The number of aliphatic imine (C=N–C) groups is 1. The minimum absolute atomic E-state index is 0.810. The van der Waals surface area contributed by atoms with Crippen LogP contribution in [-0.2, 0) is 13.0 Å². The highest BCUT2D eigenvalue weighted by atomic mass is 15.3. The van der Waals surface area contributed by atoms with E-state index in [-0.39, 0.29) is 0 Å². The standard InChI is InChI=1S/C10H20N6/c1-4-9-15-14-8-16(9)7-6-13-10(11-3)12-5-2/h8H,4-7H2,1-3H3,(H2,11,12,13). The number of nitrogens with one attached hydrogen (secondary N) is 2. The van der Waals surface area contributed by atoms with Crippen molar-refractivity contribution in [3.63, 3.8) is 0 Å². The molecule has 1 heterocycles. The van der Waals surface area contributed by atoms with Crippen molar-refractivity contribution in [2.24, 2.45) is 4.99 Å². The van der Waals surface area contributed by atoms with Gasteiger partial charge in [-0.25, -0.2) is 0 Å². The molecule has 6 heteroatoms. The van der Waals surface area contributed by atoms with Crippen molar-refractivity contribution in [2.75, 3.05) is 20.1 Å². The number of hydrogen-bond acceptors (Lipinski definition) is 3. The molecule has 0 saturated carbocycles. The summed E-state index contributed by atoms with van der Waals surface area (Å²) < 4.78 is 2.05. The van der Waals surface area contributed by atoms with E-state index in [9.17, 15) is 0 Å². The molecule has 0 aliphatic carbocycles. The van der Waals surface area contributed by atoms with Gasteiger partial charge in [0.15, 0.2) is 5.96 Å². The van der Waals surface area contributed by atoms with E-state index >= 15 is 0 Å². The number of hydrogen-bond donors (Lipinski definition) is 2. The summed E-state index contributed by atoms with van der Waals surface area (Å²) in [5.74, 6) is 1.84. The van der Waals surface area contributed by atoms with E-state index in [0.29, 0.717) is 0 Å². The fourth-order valence-electron chi connectivity index (χ4n) is 1.42. The van der Waals surface area contributed by atoms with Crippen LogP contribution in [0.5, 0.6) is 0 Å². The monoisotopic (exact) mass is 224 g/mol. The van der Waals surface area contributed by atoms with Gasteiger partial charge in [0.25, 0.3) is 0 Å². The van der Waals surface area contributed by atoms with Crippen molar-refractivity contribution in [2.45, 2.75) is 26.8 Å². The molecule has 0 aromatic carbocycles. The Hall–Kier alpha value is -1.59. The Morgan fingerprint density at radius 3 is 2.88 bits per heavy atom. The zero-order valence-electron chi connectivity index (χ0n) is 10.2. The van der Waals surface area contributed by atoms with Gasteiger partial charge < -0.3 is 15.2 Å². The highest BCUT2D eigenvalue weighted by molar-refractivity contribution is 5.79. The molecule has 1 rings (SSSR count). The van der Waals surface area contributed by atoms with Crippen LogP contribution in [0.3, 0.4) is 0 Å². The van der Waals surface area contributed by atoms with Crippen LogP contribution in [0.1, 0.15) is 19.7 Å². The molecule has 0 amide bonds. The molecule has 0 spiro atoms. The Morgan fingerprint density at radius 1 is 1.44 bits per heavy atom. The highest BCUT2D eigenvalue weighted by Gasteiger charge is 2.01. The molecule has 0 unspecified atom stereocenters. The Bertz CT molecular complexity index is 330. The maximum absolute atomic E-state index is 4.09. The second kappa shape index (κ2) is 6.81. The average Bonchev–Trinajstić information content (AvgIpc) is 2.75. The van der Waals surface area contributed by atoms with Crippen LogP contribution in [0.2, 0.25) is 0 Å². The molecule has 1 aromatic heterocycles. The van der Waals surface area contributed by atoms with Crippen LogP contribution in [0.25, 0.3) is 0 Å². The first-order valence-electron chi connectivity index (χ1n) is 5.63. The van der Waals surface area contributed by atoms with Gasteiger partial charge >= 0.3 is 0 Å². The first-order chi connectivity index (χ1) is 7.81. The minimum atomic E-state index is 0.810. The van der Waals surface area contributed by atoms with Crippen molar-refractivity contribution in [3.8, 4) is 0 Å². The summed E-state index contributed by atoms with van der Waals surface area (Å²) in [5.41, 5.74) is 0. The quantitative estimate of drug-likeness (QED) is 0.547. The summed E-state index contributed by atoms with van der Waals surface area (Å²) in [7, 11) is 1.77. The topological polar surface area (TPSA) is 67.1 Å². The molecule has 0 bridgehead atoms. The SMILES string of the molecule is CCNC(=NC)NCCn1cnnc1CC. The van der Waals surface area contributed by atoms with Crippen LogP contribution < -0.4 is 10.6 Å². The maximum atomic E-state index is 4.09. The molecule has 0 aliphatic rings. The second-order valence-electron chi connectivity index (χ2n) is 3.32. The lowest BCUT2D eigenvalue weighted by atomic mass is 10.4. The van der Waals surface area contributed by atoms with Crippen molar-refractivity contribution < 1.29 is 0 Å². The summed E-state index contributed by atoms with van der Waals surface area (Å²) in [6.45, 7) is 6.64. The van der Waals surface area contributed by atoms with Gasteiger partial charge in [-0.3, -0.25) is 4.99 Å². The Morgan fingerprint density at radius 2 is 2.25 bits per heavy atom. The summed E-state index contributed by atoms with van der Waals surface area (Å²) in [4.78, 5) is 4.09. The van der Waals surface area contributed by atoms with Gasteiger partial charge in [0.2, 0.25) is 0 Å². The molecule has 90 valence electrons. The molecular formula is C10H20N6. The lowest BCUT2D eigenvalue weighted by Gasteiger charge is -2.10. The van der Waals surface area contributed by atoms with Crippen molar-refractivity contribution in [3.05, 3.63) is 12.2 Å². The van der Waals surface area contributed by atoms with E-state index in [2.05, 4.69) is 32.7 Å². The highest BCUT2D eigenvalue weighted by Crippen LogP contribution is 1.94. The fraction of sp³-hybridized carbons (Fsp3) is 0.700. The van der Waals surface area contributed by atoms with Crippen LogP contribution in [0, 0.1) is 0 Å². The van der Waals surface area contributed by atoms with Gasteiger partial charge in [0.05, 0.1) is 0 Å². The Balaban J connectivity index is 2.35. The largest absolute Gasteiger partial charge is 0.357 e. The lowest BCUT2D eigenvalue weighted by molar-refractivity contribution is 0.633. The maximum Gasteiger partial charge on any atom is 0.191 e. The van der Waals surface area contributed by atoms with Crippen LogP contribution in [0.15, 0.2) is 11.3 Å². The van der Waals surface area contributed by atoms with Crippen LogP contribution in [-0.4, -0.2) is 40.9 Å². The summed E-state index contributed by atoms with van der Waals surface area (Å²) >= 11 is 0. The van der Waals surface area contributed by atoms with E-state index in [1.807, 2.05) is 11.5 Å². The third-order valence-corrected chi connectivity index (χ3v) is 2.22. The molecule has 6 nitrogen and oxygen atoms in total. The molecular weight excluding hydrogens is 204 g/mol. The van der Waals surface area contributed by atoms with Crippen molar-refractivity contribution >= 4 is 5.96 Å². The lowest BCUT2D eigenvalue weighted by Crippen LogP contribution is -2.38. The van der Waals surface area contributed by atoms with Gasteiger partial charge in [0, 0.05) is 33.1 Å². The second-order valence-corrected chi connectivity index (χ2v) is 3.32. The average molecular weight is 224 g/mol. The first-order valence-corrected chi connectivity index (χ1v) is 5.63. The number of aryl methyl sites for hydroxylation is 1. The third kappa shape index (κ3) is 3.52. The van der Waals surface area contributed by atoms with Crippen LogP contribution in [0.4, 0.5) is 0 Å². The number of aromatic nitrogens is 3. The Labute approximate surface area is 96.2 Å². The van der Waals surface area contributed by atoms with E-state index in [0.717, 1.165) is 37.8 Å². The molecule has 0 atom stereocenters. The third-order valence-electron chi connectivity index (χ3n) is 2.22. The first kappa shape index (κ1) is 12.5. The van der Waals surface area contributed by atoms with Gasteiger partial charge in [-0.2, -0.15) is 0 Å². The zero-order valence-corrected chi connectivity index (χ0v) is 10.2. The van der Waals surface area contributed by atoms with Gasteiger partial charge in [0.1, 0.15) is 12.2 Å². The van der Waals surface area contributed by atoms with Gasteiger partial charge in [-0.15, -0.1) is 10.2 Å². The molecule has 1 aromatic rings. The predicted octanol–water partition coefficient (Wildman–Crippen LogP) is 0.0254. The fourth-order valence-corrected chi connectivity index (χ4v) is 1.42. The summed E-state index contributed by atoms with van der Waals surface area (Å²) in [6.07, 6.45) is 2.67. The molecule has 0 radical (unpaired) electrons. The Kier molecular flexibility index (Phi) is 5.31. The van der Waals surface area contributed by atoms with Crippen molar-refractivity contribution in [1.82, 2.24) is 25.4 Å². The van der Waals surface area contributed by atoms with Crippen LogP contribution >= 0.6 is 0 Å². The zero-order chi connectivity index (χ0) is 11.8. The van der Waals surface area contributed by atoms with Gasteiger partial charge in [-0.1, -0.05) is 6.92 Å². The van der Waals surface area contributed by atoms with E-state index in [1.54, 1.807) is 13.4 Å². The van der Waals surface area contributed by atoms with E-state index in [4.69, 9.17) is 0 Å². The van der Waals surface area contributed by atoms with Crippen molar-refractivity contribution in [1.29, 1.82) is 0 Å². The van der Waals surface area contributed by atoms with E-state index in [1.165, 1.54) is 0 Å². The smallest absolute Gasteiger partial charge is 0.191 e.